The van der Waals surface area contributed by atoms with Gasteiger partial charge < -0.3 is 11.1 Å². The summed E-state index contributed by atoms with van der Waals surface area (Å²) >= 11 is 6.21. The van der Waals surface area contributed by atoms with Crippen LogP contribution < -0.4 is 11.1 Å². The Hall–Kier alpha value is -0.930. The van der Waals surface area contributed by atoms with Crippen molar-refractivity contribution in [3.8, 4) is 0 Å². The predicted octanol–water partition coefficient (Wildman–Crippen LogP) is 5.10. The van der Waals surface area contributed by atoms with Crippen molar-refractivity contribution in [2.45, 2.75) is 88.1 Å². The molecule has 2 unspecified atom stereocenters. The maximum absolute atomic E-state index is 6.21. The van der Waals surface area contributed by atoms with Gasteiger partial charge in [0.2, 0.25) is 0 Å². The third-order valence-electron chi connectivity index (χ3n) is 9.65. The summed E-state index contributed by atoms with van der Waals surface area (Å²) in [6.07, 6.45) is 14.5. The summed E-state index contributed by atoms with van der Waals surface area (Å²) in [5.41, 5.74) is 9.06. The number of nitrogens with two attached hydrogens (primary N) is 1. The fourth-order valence-electron chi connectivity index (χ4n) is 8.24. The molecule has 0 saturated heterocycles. The van der Waals surface area contributed by atoms with Gasteiger partial charge in [-0.3, -0.25) is 0 Å². The number of nitrogens with one attached hydrogen (secondary N) is 1. The van der Waals surface area contributed by atoms with Gasteiger partial charge in [0.1, 0.15) is 0 Å². The first-order valence-electron chi connectivity index (χ1n) is 11.7. The Balaban J connectivity index is 1.31. The molecule has 7 rings (SSSR count). The molecule has 0 aliphatic heterocycles. The molecule has 4 bridgehead atoms. The zero-order valence-electron chi connectivity index (χ0n) is 17.0. The Morgan fingerprint density at radius 1 is 0.929 bits per heavy atom. The van der Waals surface area contributed by atoms with E-state index in [4.69, 9.17) is 18.0 Å². The normalized spacial score (nSPS) is 45.2. The zero-order valence-corrected chi connectivity index (χ0v) is 17.8. The van der Waals surface area contributed by atoms with Crippen molar-refractivity contribution in [2.75, 3.05) is 0 Å². The molecule has 28 heavy (non-hydrogen) atoms. The van der Waals surface area contributed by atoms with E-state index in [1.807, 2.05) is 0 Å². The van der Waals surface area contributed by atoms with Crippen LogP contribution in [-0.4, -0.2) is 17.1 Å². The Kier molecular flexibility index (Phi) is 3.86. The highest BCUT2D eigenvalue weighted by Gasteiger charge is 2.71. The highest BCUT2D eigenvalue weighted by molar-refractivity contribution is 7.80. The first kappa shape index (κ1) is 17.9. The molecule has 3 N–H and O–H groups in total. The van der Waals surface area contributed by atoms with Crippen LogP contribution in [0.3, 0.4) is 0 Å². The van der Waals surface area contributed by atoms with Crippen molar-refractivity contribution in [3.63, 3.8) is 0 Å². The summed E-state index contributed by atoms with van der Waals surface area (Å²) in [4.78, 5) is 1.22. The smallest absolute Gasteiger partial charge is 0.0818 e. The molecule has 2 atom stereocenters. The number of hydrogen-bond donors (Lipinski definition) is 2. The summed E-state index contributed by atoms with van der Waals surface area (Å²) in [6.45, 7) is 0. The second kappa shape index (κ2) is 6.04. The van der Waals surface area contributed by atoms with Crippen LogP contribution in [0.5, 0.6) is 0 Å². The lowest BCUT2D eigenvalue weighted by Gasteiger charge is -2.66. The summed E-state index contributed by atoms with van der Waals surface area (Å²) < 4.78 is 0. The molecule has 6 aliphatic carbocycles. The predicted molar refractivity (Wildman–Crippen MR) is 118 cm³/mol. The second-order valence-electron chi connectivity index (χ2n) is 11.1. The highest BCUT2D eigenvalue weighted by Crippen LogP contribution is 2.78. The fourth-order valence-corrected chi connectivity index (χ4v) is 8.64. The molecule has 1 aromatic carbocycles. The van der Waals surface area contributed by atoms with Gasteiger partial charge in [0.25, 0.3) is 0 Å². The van der Waals surface area contributed by atoms with Gasteiger partial charge in [-0.2, -0.15) is 0 Å². The molecule has 0 heterocycles. The molecule has 3 heteroatoms. The van der Waals surface area contributed by atoms with Crippen LogP contribution in [0.1, 0.15) is 76.2 Å². The maximum atomic E-state index is 6.21. The summed E-state index contributed by atoms with van der Waals surface area (Å²) in [5, 5.41) is 3.89. The van der Waals surface area contributed by atoms with Gasteiger partial charge in [0.15, 0.2) is 0 Å². The van der Waals surface area contributed by atoms with Crippen LogP contribution in [0.15, 0.2) is 30.3 Å². The Morgan fingerprint density at radius 3 is 2.18 bits per heavy atom. The van der Waals surface area contributed by atoms with Gasteiger partial charge in [-0.05, 0) is 98.9 Å². The molecular formula is C25H34N2S. The standard InChI is InChI=1S/C25H34N2S/c26-20-6-8-21(9-7-20)27-22(28)24-14-18-12-23(16-24,17-4-2-1-3-5-17)13-19(15-24)25(18)10-11-25/h1-5,18-21H,6-16,26H2,(H,27,28)/t18?,19?,20-,21-,23?,24?. The first-order chi connectivity index (χ1) is 13.5. The number of hydrogen-bond acceptors (Lipinski definition) is 2. The van der Waals surface area contributed by atoms with Crippen molar-refractivity contribution in [2.24, 2.45) is 28.4 Å². The van der Waals surface area contributed by atoms with E-state index in [1.54, 1.807) is 5.56 Å². The Labute approximate surface area is 175 Å². The van der Waals surface area contributed by atoms with E-state index in [0.717, 1.165) is 24.7 Å². The van der Waals surface area contributed by atoms with Gasteiger partial charge >= 0.3 is 0 Å². The van der Waals surface area contributed by atoms with E-state index in [1.165, 1.54) is 62.8 Å². The number of rotatable bonds is 3. The summed E-state index contributed by atoms with van der Waals surface area (Å²) in [7, 11) is 0. The summed E-state index contributed by atoms with van der Waals surface area (Å²) in [5.74, 6) is 1.79. The lowest BCUT2D eigenvalue weighted by molar-refractivity contribution is -0.0947. The lowest BCUT2D eigenvalue weighted by Crippen LogP contribution is -2.63. The minimum atomic E-state index is 0.254. The van der Waals surface area contributed by atoms with Crippen LogP contribution in [0.25, 0.3) is 0 Å². The van der Waals surface area contributed by atoms with E-state index in [2.05, 4.69) is 35.6 Å². The molecule has 0 radical (unpaired) electrons. The first-order valence-corrected chi connectivity index (χ1v) is 12.1. The van der Waals surface area contributed by atoms with Gasteiger partial charge in [-0.15, -0.1) is 0 Å². The van der Waals surface area contributed by atoms with Crippen molar-refractivity contribution in [1.82, 2.24) is 5.32 Å². The van der Waals surface area contributed by atoms with Gasteiger partial charge in [-0.1, -0.05) is 42.5 Å². The Bertz CT molecular complexity index is 757. The van der Waals surface area contributed by atoms with Crippen LogP contribution >= 0.6 is 12.2 Å². The minimum absolute atomic E-state index is 0.254. The molecule has 0 amide bonds. The largest absolute Gasteiger partial charge is 0.376 e. The fraction of sp³-hybridized carbons (Fsp3) is 0.720. The molecule has 1 spiro atoms. The monoisotopic (exact) mass is 394 g/mol. The average Bonchev–Trinajstić information content (AvgIpc) is 3.50. The molecule has 6 aliphatic rings. The third-order valence-corrected chi connectivity index (χ3v) is 10.2. The SMILES string of the molecule is N[C@H]1CC[C@H](NC(=S)C23CC4CC(c5ccccc5)(CC(C2)C42CC2)C3)CC1. The zero-order chi connectivity index (χ0) is 19.0. The molecule has 150 valence electrons. The van der Waals surface area contributed by atoms with Gasteiger partial charge in [0.05, 0.1) is 4.99 Å². The third kappa shape index (κ3) is 2.51. The Morgan fingerprint density at radius 2 is 1.57 bits per heavy atom. The molecule has 0 aromatic heterocycles. The molecular weight excluding hydrogens is 360 g/mol. The van der Waals surface area contributed by atoms with Crippen molar-refractivity contribution >= 4 is 17.2 Å². The molecule has 2 nitrogen and oxygen atoms in total. The van der Waals surface area contributed by atoms with E-state index < -0.39 is 0 Å². The van der Waals surface area contributed by atoms with Gasteiger partial charge in [0, 0.05) is 17.5 Å². The van der Waals surface area contributed by atoms with Crippen molar-refractivity contribution in [3.05, 3.63) is 35.9 Å². The minimum Gasteiger partial charge on any atom is -0.376 e. The van der Waals surface area contributed by atoms with Crippen LogP contribution in [0.4, 0.5) is 0 Å². The lowest BCUT2D eigenvalue weighted by atomic mass is 9.39. The molecule has 1 aromatic rings. The molecule has 6 fully saturated rings. The van der Waals surface area contributed by atoms with Crippen molar-refractivity contribution < 1.29 is 0 Å². The summed E-state index contributed by atoms with van der Waals surface area (Å²) in [6, 6.07) is 12.4. The quantitative estimate of drug-likeness (QED) is 0.700. The van der Waals surface area contributed by atoms with Crippen molar-refractivity contribution in [1.29, 1.82) is 0 Å². The van der Waals surface area contributed by atoms with Crippen LogP contribution in [0, 0.1) is 22.7 Å². The van der Waals surface area contributed by atoms with Crippen LogP contribution in [-0.2, 0) is 5.41 Å². The van der Waals surface area contributed by atoms with E-state index in [0.29, 0.717) is 22.9 Å². The van der Waals surface area contributed by atoms with E-state index in [-0.39, 0.29) is 5.41 Å². The van der Waals surface area contributed by atoms with E-state index in [9.17, 15) is 0 Å². The molecule has 6 saturated carbocycles. The number of benzene rings is 1. The average molecular weight is 395 g/mol. The maximum Gasteiger partial charge on any atom is 0.0818 e. The van der Waals surface area contributed by atoms with E-state index >= 15 is 0 Å². The number of thiocarbonyl (C=S) groups is 1. The highest BCUT2D eigenvalue weighted by atomic mass is 32.1. The second-order valence-corrected chi connectivity index (χ2v) is 11.5. The topological polar surface area (TPSA) is 38.0 Å². The van der Waals surface area contributed by atoms with Crippen LogP contribution in [0.2, 0.25) is 0 Å². The van der Waals surface area contributed by atoms with Gasteiger partial charge in [-0.25, -0.2) is 0 Å².